The standard InChI is InChI=1S/C13H22N2O3S/c1-10-7-15(9-13(2,3)5-6-18-4)12(14-10)19-8-11(16)17/h7H,5-6,8-9H2,1-4H3,(H,16,17). The van der Waals surface area contributed by atoms with E-state index in [2.05, 4.69) is 18.8 Å². The zero-order valence-corrected chi connectivity index (χ0v) is 12.8. The fraction of sp³-hybridized carbons (Fsp3) is 0.692. The highest BCUT2D eigenvalue weighted by Crippen LogP contribution is 2.26. The number of aromatic nitrogens is 2. The first-order valence-corrected chi connectivity index (χ1v) is 7.20. The van der Waals surface area contributed by atoms with Crippen LogP contribution in [0, 0.1) is 12.3 Å². The van der Waals surface area contributed by atoms with Gasteiger partial charge in [-0.3, -0.25) is 4.79 Å². The minimum atomic E-state index is -0.823. The summed E-state index contributed by atoms with van der Waals surface area (Å²) in [5.74, 6) is -0.787. The minimum Gasteiger partial charge on any atom is -0.481 e. The van der Waals surface area contributed by atoms with Crippen LogP contribution < -0.4 is 0 Å². The lowest BCUT2D eigenvalue weighted by Crippen LogP contribution is -2.21. The van der Waals surface area contributed by atoms with Gasteiger partial charge in [0.2, 0.25) is 0 Å². The Bertz CT molecular complexity index is 430. The number of carboxylic acid groups (broad SMARTS) is 1. The number of carbonyl (C=O) groups is 1. The van der Waals surface area contributed by atoms with Gasteiger partial charge in [0.1, 0.15) is 0 Å². The van der Waals surface area contributed by atoms with Crippen molar-refractivity contribution in [1.82, 2.24) is 9.55 Å². The molecule has 0 radical (unpaired) electrons. The smallest absolute Gasteiger partial charge is 0.313 e. The van der Waals surface area contributed by atoms with Crippen LogP contribution in [0.5, 0.6) is 0 Å². The molecule has 1 aromatic heterocycles. The summed E-state index contributed by atoms with van der Waals surface area (Å²) in [7, 11) is 1.70. The normalized spacial score (nSPS) is 11.8. The van der Waals surface area contributed by atoms with Crippen molar-refractivity contribution < 1.29 is 14.6 Å². The molecule has 0 aliphatic carbocycles. The van der Waals surface area contributed by atoms with Crippen molar-refractivity contribution >= 4 is 17.7 Å². The van der Waals surface area contributed by atoms with E-state index < -0.39 is 5.97 Å². The largest absolute Gasteiger partial charge is 0.481 e. The average Bonchev–Trinajstić information content (AvgIpc) is 2.63. The summed E-state index contributed by atoms with van der Waals surface area (Å²) in [6.07, 6.45) is 2.92. The summed E-state index contributed by atoms with van der Waals surface area (Å²) in [6, 6.07) is 0. The second-order valence-electron chi connectivity index (χ2n) is 5.38. The number of hydrogen-bond donors (Lipinski definition) is 1. The lowest BCUT2D eigenvalue weighted by Gasteiger charge is -2.25. The van der Waals surface area contributed by atoms with Gasteiger partial charge >= 0.3 is 5.97 Å². The van der Waals surface area contributed by atoms with E-state index >= 15 is 0 Å². The van der Waals surface area contributed by atoms with Gasteiger partial charge in [-0.15, -0.1) is 0 Å². The summed E-state index contributed by atoms with van der Waals surface area (Å²) >= 11 is 1.26. The lowest BCUT2D eigenvalue weighted by molar-refractivity contribution is -0.133. The van der Waals surface area contributed by atoms with Crippen LogP contribution in [0.3, 0.4) is 0 Å². The molecule has 0 bridgehead atoms. The zero-order valence-electron chi connectivity index (χ0n) is 12.0. The van der Waals surface area contributed by atoms with E-state index in [1.165, 1.54) is 11.8 Å². The highest BCUT2D eigenvalue weighted by Gasteiger charge is 2.20. The molecule has 0 spiro atoms. The number of methoxy groups -OCH3 is 1. The zero-order chi connectivity index (χ0) is 14.5. The molecule has 0 amide bonds. The molecule has 0 aliphatic rings. The predicted molar refractivity (Wildman–Crippen MR) is 75.6 cm³/mol. The Morgan fingerprint density at radius 3 is 2.84 bits per heavy atom. The third kappa shape index (κ3) is 5.65. The number of aliphatic carboxylic acids is 1. The van der Waals surface area contributed by atoms with Crippen LogP contribution in [0.25, 0.3) is 0 Å². The molecular weight excluding hydrogens is 264 g/mol. The topological polar surface area (TPSA) is 64.4 Å². The minimum absolute atomic E-state index is 0.0367. The Hall–Kier alpha value is -1.01. The molecule has 0 aromatic carbocycles. The van der Waals surface area contributed by atoms with Crippen LogP contribution in [0.1, 0.15) is 26.0 Å². The van der Waals surface area contributed by atoms with E-state index in [0.717, 1.165) is 30.4 Å². The Labute approximate surface area is 118 Å². The Morgan fingerprint density at radius 1 is 1.58 bits per heavy atom. The number of ether oxygens (including phenoxy) is 1. The third-order valence-corrected chi connectivity index (χ3v) is 3.74. The molecule has 1 N–H and O–H groups in total. The summed E-state index contributed by atoms with van der Waals surface area (Å²) in [5.41, 5.74) is 0.997. The molecule has 0 atom stereocenters. The Balaban J connectivity index is 2.73. The van der Waals surface area contributed by atoms with Crippen LogP contribution in [-0.2, 0) is 16.1 Å². The SMILES string of the molecule is COCCC(C)(C)Cn1cc(C)nc1SCC(=O)O. The van der Waals surface area contributed by atoms with Crippen molar-refractivity contribution in [2.45, 2.75) is 38.9 Å². The van der Waals surface area contributed by atoms with E-state index in [4.69, 9.17) is 9.84 Å². The van der Waals surface area contributed by atoms with Crippen LogP contribution in [0.2, 0.25) is 0 Å². The quantitative estimate of drug-likeness (QED) is 0.744. The van der Waals surface area contributed by atoms with Gasteiger partial charge in [0.05, 0.1) is 11.4 Å². The first-order valence-electron chi connectivity index (χ1n) is 6.21. The highest BCUT2D eigenvalue weighted by atomic mass is 32.2. The van der Waals surface area contributed by atoms with Crippen molar-refractivity contribution in [3.05, 3.63) is 11.9 Å². The van der Waals surface area contributed by atoms with E-state index in [0.29, 0.717) is 0 Å². The molecule has 0 aliphatic heterocycles. The van der Waals surface area contributed by atoms with E-state index in [-0.39, 0.29) is 11.2 Å². The molecule has 0 unspecified atom stereocenters. The Kier molecular flexibility index (Phi) is 5.87. The van der Waals surface area contributed by atoms with Gasteiger partial charge in [-0.25, -0.2) is 4.98 Å². The number of nitrogens with zero attached hydrogens (tertiary/aromatic N) is 2. The second kappa shape index (κ2) is 6.96. The summed E-state index contributed by atoms with van der Waals surface area (Å²) in [5, 5.41) is 9.52. The van der Waals surface area contributed by atoms with Gasteiger partial charge in [-0.05, 0) is 18.8 Å². The van der Waals surface area contributed by atoms with Crippen molar-refractivity contribution in [1.29, 1.82) is 0 Å². The maximum Gasteiger partial charge on any atom is 0.313 e. The molecule has 1 aromatic rings. The van der Waals surface area contributed by atoms with Gasteiger partial charge in [0.25, 0.3) is 0 Å². The van der Waals surface area contributed by atoms with Crippen LogP contribution in [-0.4, -0.2) is 40.1 Å². The number of carboxylic acids is 1. The van der Waals surface area contributed by atoms with Gasteiger partial charge in [0, 0.05) is 26.5 Å². The number of rotatable bonds is 8. The lowest BCUT2D eigenvalue weighted by atomic mass is 9.90. The molecule has 0 saturated carbocycles. The van der Waals surface area contributed by atoms with Gasteiger partial charge < -0.3 is 14.4 Å². The van der Waals surface area contributed by atoms with E-state index in [1.807, 2.05) is 17.7 Å². The molecule has 6 heteroatoms. The first kappa shape index (κ1) is 16.0. The molecule has 5 nitrogen and oxygen atoms in total. The molecule has 1 heterocycles. The molecule has 0 fully saturated rings. The van der Waals surface area contributed by atoms with Crippen molar-refractivity contribution in [2.75, 3.05) is 19.5 Å². The van der Waals surface area contributed by atoms with Crippen LogP contribution in [0.15, 0.2) is 11.4 Å². The van der Waals surface area contributed by atoms with Crippen LogP contribution in [0.4, 0.5) is 0 Å². The van der Waals surface area contributed by atoms with E-state index in [9.17, 15) is 4.79 Å². The number of aryl methyl sites for hydroxylation is 1. The van der Waals surface area contributed by atoms with Gasteiger partial charge in [-0.2, -0.15) is 0 Å². The van der Waals surface area contributed by atoms with Crippen molar-refractivity contribution in [3.63, 3.8) is 0 Å². The van der Waals surface area contributed by atoms with Crippen molar-refractivity contribution in [2.24, 2.45) is 5.41 Å². The molecule has 0 saturated heterocycles. The maximum atomic E-state index is 10.6. The molecule has 1 rings (SSSR count). The van der Waals surface area contributed by atoms with Gasteiger partial charge in [0.15, 0.2) is 5.16 Å². The number of imidazole rings is 1. The average molecular weight is 286 g/mol. The van der Waals surface area contributed by atoms with Gasteiger partial charge in [-0.1, -0.05) is 25.6 Å². The van der Waals surface area contributed by atoms with E-state index in [1.54, 1.807) is 7.11 Å². The molecule has 19 heavy (non-hydrogen) atoms. The summed E-state index contributed by atoms with van der Waals surface area (Å²) < 4.78 is 7.16. The Morgan fingerprint density at radius 2 is 2.26 bits per heavy atom. The number of hydrogen-bond acceptors (Lipinski definition) is 4. The number of thioether (sulfide) groups is 1. The second-order valence-corrected chi connectivity index (χ2v) is 6.32. The van der Waals surface area contributed by atoms with Crippen LogP contribution >= 0.6 is 11.8 Å². The summed E-state index contributed by atoms with van der Waals surface area (Å²) in [6.45, 7) is 7.79. The fourth-order valence-electron chi connectivity index (χ4n) is 1.80. The predicted octanol–water partition coefficient (Wildman–Crippen LogP) is 2.43. The maximum absolute atomic E-state index is 10.6. The third-order valence-electron chi connectivity index (χ3n) is 2.77. The summed E-state index contributed by atoms with van der Waals surface area (Å²) in [4.78, 5) is 15.0. The monoisotopic (exact) mass is 286 g/mol. The fourth-order valence-corrected chi connectivity index (χ4v) is 2.54. The highest BCUT2D eigenvalue weighted by molar-refractivity contribution is 7.99. The molecular formula is C13H22N2O3S. The first-order chi connectivity index (χ1) is 8.84. The van der Waals surface area contributed by atoms with Crippen molar-refractivity contribution in [3.8, 4) is 0 Å². The molecule has 108 valence electrons.